The van der Waals surface area contributed by atoms with E-state index >= 15 is 0 Å². The summed E-state index contributed by atoms with van der Waals surface area (Å²) in [6.45, 7) is 5.12. The van der Waals surface area contributed by atoms with E-state index in [0.717, 1.165) is 36.5 Å². The van der Waals surface area contributed by atoms with Crippen LogP contribution in [0.5, 0.6) is 5.75 Å². The summed E-state index contributed by atoms with van der Waals surface area (Å²) in [4.78, 5) is 14.9. The Kier molecular flexibility index (Phi) is 7.59. The number of hydrogen-bond acceptors (Lipinski definition) is 6. The van der Waals surface area contributed by atoms with Crippen LogP contribution in [0.2, 0.25) is 0 Å². The Bertz CT molecular complexity index is 1260. The average Bonchev–Trinajstić information content (AvgIpc) is 3.35. The highest BCUT2D eigenvalue weighted by molar-refractivity contribution is 7.85. The number of aryl methyl sites for hydroxylation is 1. The number of ether oxygens (including phenoxy) is 1. The quantitative estimate of drug-likeness (QED) is 0.512. The molecule has 1 atom stereocenters. The maximum Gasteiger partial charge on any atom is 0.294 e. The highest BCUT2D eigenvalue weighted by Gasteiger charge is 2.35. The Hall–Kier alpha value is -3.14. The standard InChI is InChI=1S/C19H22N2O3.C7H8O3S/c1-23-16-5-3-2-4-14(16)17-6-7-18(24-17)19(22)20-15-12-21-10-8-13(15)9-11-21;1-6-2-4-7(5-3-6)11(8,9)10/h2-7,13,15H,8-12H2,1H3,(H,20,22);2-5H,1H3,(H,8,9,10)/t15-;/m0./s1. The van der Waals surface area contributed by atoms with Crippen LogP contribution in [0.1, 0.15) is 29.0 Å². The van der Waals surface area contributed by atoms with Crippen molar-refractivity contribution in [1.82, 2.24) is 10.2 Å². The largest absolute Gasteiger partial charge is 0.496 e. The summed E-state index contributed by atoms with van der Waals surface area (Å²) in [5, 5.41) is 3.15. The van der Waals surface area contributed by atoms with Crippen LogP contribution in [-0.4, -0.2) is 56.6 Å². The highest BCUT2D eigenvalue weighted by atomic mass is 32.2. The summed E-state index contributed by atoms with van der Waals surface area (Å²) in [6, 6.07) is 17.4. The molecule has 0 unspecified atom stereocenters. The van der Waals surface area contributed by atoms with Gasteiger partial charge in [0.05, 0.1) is 17.6 Å². The van der Waals surface area contributed by atoms with Crippen LogP contribution < -0.4 is 10.1 Å². The zero-order valence-corrected chi connectivity index (χ0v) is 20.6. The molecule has 9 heteroatoms. The Morgan fingerprint density at radius 3 is 2.34 bits per heavy atom. The summed E-state index contributed by atoms with van der Waals surface area (Å²) in [6.07, 6.45) is 2.35. The van der Waals surface area contributed by atoms with Gasteiger partial charge >= 0.3 is 0 Å². The first-order valence-corrected chi connectivity index (χ1v) is 13.0. The molecule has 186 valence electrons. The van der Waals surface area contributed by atoms with E-state index < -0.39 is 10.1 Å². The van der Waals surface area contributed by atoms with E-state index in [2.05, 4.69) is 10.2 Å². The number of nitrogens with zero attached hydrogens (tertiary/aromatic N) is 1. The molecule has 3 saturated heterocycles. The van der Waals surface area contributed by atoms with Crippen molar-refractivity contribution in [3.63, 3.8) is 0 Å². The number of carbonyl (C=O) groups is 1. The molecule has 3 aliphatic rings. The van der Waals surface area contributed by atoms with Gasteiger partial charge in [0.25, 0.3) is 16.0 Å². The van der Waals surface area contributed by atoms with E-state index in [1.165, 1.54) is 25.0 Å². The van der Waals surface area contributed by atoms with Crippen LogP contribution in [0.3, 0.4) is 0 Å². The number of nitrogens with one attached hydrogen (secondary N) is 1. The lowest BCUT2D eigenvalue weighted by molar-refractivity contribution is 0.0606. The number of furan rings is 1. The van der Waals surface area contributed by atoms with Crippen LogP contribution in [0.4, 0.5) is 0 Å². The summed E-state index contributed by atoms with van der Waals surface area (Å²) >= 11 is 0. The molecule has 2 bridgehead atoms. The molecule has 0 spiro atoms. The number of fused-ring (bicyclic) bond motifs is 3. The molecule has 4 heterocycles. The summed E-state index contributed by atoms with van der Waals surface area (Å²) in [5.74, 6) is 2.20. The molecule has 2 aromatic carbocycles. The SMILES string of the molecule is COc1ccccc1-c1ccc(C(=O)N[C@H]2CN3CCC2CC3)o1.Cc1ccc(S(=O)(=O)O)cc1. The molecule has 2 N–H and O–H groups in total. The maximum absolute atomic E-state index is 12.5. The number of benzene rings is 2. The minimum absolute atomic E-state index is 0.0666. The number of hydrogen-bond donors (Lipinski definition) is 2. The molecule has 8 nitrogen and oxygen atoms in total. The van der Waals surface area contributed by atoms with Crippen LogP contribution in [0.15, 0.2) is 70.0 Å². The van der Waals surface area contributed by atoms with Crippen molar-refractivity contribution in [2.75, 3.05) is 26.7 Å². The van der Waals surface area contributed by atoms with Crippen LogP contribution in [-0.2, 0) is 10.1 Å². The van der Waals surface area contributed by atoms with E-state index in [-0.39, 0.29) is 16.8 Å². The molecule has 6 rings (SSSR count). The molecule has 3 aliphatic heterocycles. The van der Waals surface area contributed by atoms with Crippen molar-refractivity contribution in [3.8, 4) is 17.1 Å². The molecular formula is C26H30N2O6S. The van der Waals surface area contributed by atoms with Crippen molar-refractivity contribution in [2.24, 2.45) is 5.92 Å². The Morgan fingerprint density at radius 1 is 1.06 bits per heavy atom. The van der Waals surface area contributed by atoms with Gasteiger partial charge in [-0.1, -0.05) is 29.8 Å². The number of methoxy groups -OCH3 is 1. The molecule has 3 fully saturated rings. The highest BCUT2D eigenvalue weighted by Crippen LogP contribution is 2.31. The van der Waals surface area contributed by atoms with Gasteiger partial charge in [-0.2, -0.15) is 8.42 Å². The summed E-state index contributed by atoms with van der Waals surface area (Å²) in [5.41, 5.74) is 1.80. The van der Waals surface area contributed by atoms with Crippen LogP contribution in [0.25, 0.3) is 11.3 Å². The van der Waals surface area contributed by atoms with Gasteiger partial charge in [0.15, 0.2) is 5.76 Å². The van der Waals surface area contributed by atoms with Gasteiger partial charge in [-0.25, -0.2) is 0 Å². The Labute approximate surface area is 205 Å². The van der Waals surface area contributed by atoms with Crippen molar-refractivity contribution in [2.45, 2.75) is 30.7 Å². The Morgan fingerprint density at radius 2 is 1.74 bits per heavy atom. The predicted octanol–water partition coefficient (Wildman–Crippen LogP) is 4.02. The number of rotatable bonds is 5. The van der Waals surface area contributed by atoms with Crippen molar-refractivity contribution in [1.29, 1.82) is 0 Å². The zero-order chi connectivity index (χ0) is 25.0. The van der Waals surface area contributed by atoms with E-state index in [1.807, 2.05) is 37.3 Å². The van der Waals surface area contributed by atoms with E-state index in [4.69, 9.17) is 13.7 Å². The predicted molar refractivity (Wildman–Crippen MR) is 132 cm³/mol. The molecule has 0 saturated carbocycles. The van der Waals surface area contributed by atoms with E-state index in [1.54, 1.807) is 25.3 Å². The fraction of sp³-hybridized carbons (Fsp3) is 0.346. The summed E-state index contributed by atoms with van der Waals surface area (Å²) in [7, 11) is -2.39. The van der Waals surface area contributed by atoms with E-state index in [9.17, 15) is 13.2 Å². The van der Waals surface area contributed by atoms with Gasteiger partial charge in [0, 0.05) is 12.6 Å². The number of amides is 1. The first-order valence-electron chi connectivity index (χ1n) is 11.5. The van der Waals surface area contributed by atoms with Crippen LogP contribution >= 0.6 is 0 Å². The fourth-order valence-electron chi connectivity index (χ4n) is 4.53. The molecule has 35 heavy (non-hydrogen) atoms. The molecule has 1 amide bonds. The third-order valence-corrected chi connectivity index (χ3v) is 7.36. The third-order valence-electron chi connectivity index (χ3n) is 6.49. The van der Waals surface area contributed by atoms with Crippen LogP contribution in [0, 0.1) is 12.8 Å². The summed E-state index contributed by atoms with van der Waals surface area (Å²) < 4.78 is 40.7. The topological polar surface area (TPSA) is 109 Å². The number of carbonyl (C=O) groups excluding carboxylic acids is 1. The van der Waals surface area contributed by atoms with Gasteiger partial charge in [0.1, 0.15) is 11.5 Å². The minimum atomic E-state index is -4.02. The molecule has 0 aliphatic carbocycles. The number of para-hydroxylation sites is 1. The van der Waals surface area contributed by atoms with Gasteiger partial charge in [0.2, 0.25) is 0 Å². The van der Waals surface area contributed by atoms with Gasteiger partial charge < -0.3 is 19.4 Å². The van der Waals surface area contributed by atoms with Gasteiger partial charge in [-0.3, -0.25) is 9.35 Å². The smallest absolute Gasteiger partial charge is 0.294 e. The molecule has 0 radical (unpaired) electrons. The lowest BCUT2D eigenvalue weighted by atomic mass is 9.84. The lowest BCUT2D eigenvalue weighted by Crippen LogP contribution is -2.57. The Balaban J connectivity index is 0.000000221. The molecule has 1 aromatic heterocycles. The lowest BCUT2D eigenvalue weighted by Gasteiger charge is -2.44. The minimum Gasteiger partial charge on any atom is -0.496 e. The maximum atomic E-state index is 12.5. The van der Waals surface area contributed by atoms with Crippen molar-refractivity contribution in [3.05, 3.63) is 72.0 Å². The zero-order valence-electron chi connectivity index (χ0n) is 19.8. The monoisotopic (exact) mass is 498 g/mol. The number of piperidine rings is 3. The van der Waals surface area contributed by atoms with Crippen molar-refractivity contribution < 1.29 is 26.9 Å². The molecule has 3 aromatic rings. The third kappa shape index (κ3) is 6.11. The van der Waals surface area contributed by atoms with Gasteiger partial charge in [-0.15, -0.1) is 0 Å². The average molecular weight is 499 g/mol. The first kappa shape index (κ1) is 25.0. The van der Waals surface area contributed by atoms with Crippen molar-refractivity contribution >= 4 is 16.0 Å². The second kappa shape index (κ2) is 10.6. The van der Waals surface area contributed by atoms with E-state index in [0.29, 0.717) is 17.4 Å². The molecular weight excluding hydrogens is 468 g/mol. The normalized spacial score (nSPS) is 21.1. The fourth-order valence-corrected chi connectivity index (χ4v) is 5.01. The second-order valence-electron chi connectivity index (χ2n) is 8.87. The van der Waals surface area contributed by atoms with Gasteiger partial charge in [-0.05, 0) is 75.2 Å². The second-order valence-corrected chi connectivity index (χ2v) is 10.3. The first-order chi connectivity index (χ1) is 16.7.